The average molecular weight is 190 g/mol. The molecule has 1 aliphatic carbocycles. The first-order chi connectivity index (χ1) is 6.80. The number of methoxy groups -OCH3 is 1. The minimum atomic E-state index is 0.807. The molecule has 14 heavy (non-hydrogen) atoms. The molecule has 76 valence electrons. The second kappa shape index (κ2) is 3.64. The highest BCUT2D eigenvalue weighted by molar-refractivity contribution is 5.49. The lowest BCUT2D eigenvalue weighted by Crippen LogP contribution is -2.17. The summed E-state index contributed by atoms with van der Waals surface area (Å²) in [6.45, 7) is 4.45. The van der Waals surface area contributed by atoms with Gasteiger partial charge in [0.25, 0.3) is 0 Å². The third-order valence-electron chi connectivity index (χ3n) is 3.32. The second-order valence-electron chi connectivity index (χ2n) is 4.03. The van der Waals surface area contributed by atoms with Gasteiger partial charge in [-0.05, 0) is 47.9 Å². The SMILES string of the molecule is CCc1cc2c(cc1OC)CC2CC. The van der Waals surface area contributed by atoms with Gasteiger partial charge in [-0.15, -0.1) is 0 Å². The van der Waals surface area contributed by atoms with Crippen LogP contribution in [0.4, 0.5) is 0 Å². The van der Waals surface area contributed by atoms with Crippen molar-refractivity contribution in [1.82, 2.24) is 0 Å². The predicted molar refractivity (Wildman–Crippen MR) is 59.1 cm³/mol. The van der Waals surface area contributed by atoms with E-state index >= 15 is 0 Å². The lowest BCUT2D eigenvalue weighted by Gasteiger charge is -2.30. The van der Waals surface area contributed by atoms with Crippen molar-refractivity contribution < 1.29 is 4.74 Å². The molecule has 0 saturated carbocycles. The van der Waals surface area contributed by atoms with Crippen LogP contribution in [-0.2, 0) is 12.8 Å². The first kappa shape index (κ1) is 9.57. The number of hydrogen-bond acceptors (Lipinski definition) is 1. The Morgan fingerprint density at radius 2 is 2.14 bits per heavy atom. The minimum Gasteiger partial charge on any atom is -0.496 e. The average Bonchev–Trinajstić information content (AvgIpc) is 2.20. The van der Waals surface area contributed by atoms with E-state index in [9.17, 15) is 0 Å². The van der Waals surface area contributed by atoms with E-state index in [0.29, 0.717) is 0 Å². The van der Waals surface area contributed by atoms with Crippen molar-refractivity contribution in [1.29, 1.82) is 0 Å². The van der Waals surface area contributed by atoms with Crippen molar-refractivity contribution in [2.75, 3.05) is 7.11 Å². The van der Waals surface area contributed by atoms with Gasteiger partial charge in [0.1, 0.15) is 5.75 Å². The van der Waals surface area contributed by atoms with Gasteiger partial charge in [-0.25, -0.2) is 0 Å². The molecule has 0 fully saturated rings. The monoisotopic (exact) mass is 190 g/mol. The van der Waals surface area contributed by atoms with Gasteiger partial charge in [0.05, 0.1) is 7.11 Å². The summed E-state index contributed by atoms with van der Waals surface area (Å²) in [6.07, 6.45) is 3.57. The molecule has 0 radical (unpaired) electrons. The van der Waals surface area contributed by atoms with Crippen LogP contribution in [0, 0.1) is 0 Å². The normalized spacial score (nSPS) is 18.6. The van der Waals surface area contributed by atoms with Crippen LogP contribution < -0.4 is 4.74 Å². The Balaban J connectivity index is 2.38. The second-order valence-corrected chi connectivity index (χ2v) is 4.03. The fourth-order valence-electron chi connectivity index (χ4n) is 2.32. The Morgan fingerprint density at radius 3 is 2.71 bits per heavy atom. The standard InChI is InChI=1S/C13H18O/c1-4-9-6-11-8-13(14-3)10(5-2)7-12(9)11/h7-9H,4-6H2,1-3H3. The Labute approximate surface area is 86.1 Å². The van der Waals surface area contributed by atoms with Crippen LogP contribution >= 0.6 is 0 Å². The number of fused-ring (bicyclic) bond motifs is 1. The Hall–Kier alpha value is -0.980. The van der Waals surface area contributed by atoms with E-state index < -0.39 is 0 Å². The molecule has 0 bridgehead atoms. The van der Waals surface area contributed by atoms with Crippen LogP contribution in [0.3, 0.4) is 0 Å². The quantitative estimate of drug-likeness (QED) is 0.710. The van der Waals surface area contributed by atoms with Crippen molar-refractivity contribution in [3.63, 3.8) is 0 Å². The first-order valence-electron chi connectivity index (χ1n) is 5.49. The summed E-state index contributed by atoms with van der Waals surface area (Å²) >= 11 is 0. The van der Waals surface area contributed by atoms with Gasteiger partial charge in [-0.1, -0.05) is 19.9 Å². The van der Waals surface area contributed by atoms with Gasteiger partial charge in [-0.2, -0.15) is 0 Å². The smallest absolute Gasteiger partial charge is 0.122 e. The maximum Gasteiger partial charge on any atom is 0.122 e. The molecule has 0 aliphatic heterocycles. The lowest BCUT2D eigenvalue weighted by atomic mass is 9.75. The zero-order valence-electron chi connectivity index (χ0n) is 9.26. The van der Waals surface area contributed by atoms with Crippen molar-refractivity contribution in [2.45, 2.75) is 39.0 Å². The number of benzene rings is 1. The molecular formula is C13H18O. The molecule has 1 aromatic carbocycles. The molecule has 1 nitrogen and oxygen atoms in total. The van der Waals surface area contributed by atoms with E-state index in [1.165, 1.54) is 24.0 Å². The molecule has 1 unspecified atom stereocenters. The van der Waals surface area contributed by atoms with E-state index in [1.807, 2.05) is 0 Å². The molecule has 2 rings (SSSR count). The predicted octanol–water partition coefficient (Wildman–Crippen LogP) is 3.31. The molecular weight excluding hydrogens is 172 g/mol. The van der Waals surface area contributed by atoms with Crippen LogP contribution in [0.1, 0.15) is 42.9 Å². The van der Waals surface area contributed by atoms with Crippen LogP contribution in [-0.4, -0.2) is 7.11 Å². The summed E-state index contributed by atoms with van der Waals surface area (Å²) in [5.41, 5.74) is 4.40. The molecule has 0 amide bonds. The third kappa shape index (κ3) is 1.31. The van der Waals surface area contributed by atoms with Crippen LogP contribution in [0.15, 0.2) is 12.1 Å². The fraction of sp³-hybridized carbons (Fsp3) is 0.538. The van der Waals surface area contributed by atoms with Crippen LogP contribution in [0.2, 0.25) is 0 Å². The summed E-state index contributed by atoms with van der Waals surface area (Å²) in [5.74, 6) is 1.88. The Kier molecular flexibility index (Phi) is 2.49. The van der Waals surface area contributed by atoms with Crippen molar-refractivity contribution in [2.24, 2.45) is 0 Å². The highest BCUT2D eigenvalue weighted by Gasteiger charge is 2.25. The number of rotatable bonds is 3. The molecule has 0 N–H and O–H groups in total. The summed E-state index contributed by atoms with van der Waals surface area (Å²) in [6, 6.07) is 4.56. The van der Waals surface area contributed by atoms with Gasteiger partial charge in [-0.3, -0.25) is 0 Å². The van der Waals surface area contributed by atoms with Gasteiger partial charge in [0, 0.05) is 0 Å². The number of aryl methyl sites for hydroxylation is 1. The summed E-state index contributed by atoms with van der Waals surface area (Å²) in [5, 5.41) is 0. The van der Waals surface area contributed by atoms with Crippen molar-refractivity contribution >= 4 is 0 Å². The summed E-state index contributed by atoms with van der Waals surface area (Å²) < 4.78 is 5.37. The molecule has 1 atom stereocenters. The van der Waals surface area contributed by atoms with Crippen molar-refractivity contribution in [3.8, 4) is 5.75 Å². The van der Waals surface area contributed by atoms with E-state index in [0.717, 1.165) is 18.1 Å². The minimum absolute atomic E-state index is 0.807. The zero-order valence-corrected chi connectivity index (χ0v) is 9.26. The molecule has 0 saturated heterocycles. The van der Waals surface area contributed by atoms with Gasteiger partial charge in [0.2, 0.25) is 0 Å². The molecule has 1 aliphatic rings. The van der Waals surface area contributed by atoms with Gasteiger partial charge in [0.15, 0.2) is 0 Å². The van der Waals surface area contributed by atoms with Crippen molar-refractivity contribution in [3.05, 3.63) is 28.8 Å². The van der Waals surface area contributed by atoms with Gasteiger partial charge < -0.3 is 4.74 Å². The lowest BCUT2D eigenvalue weighted by molar-refractivity contribution is 0.407. The van der Waals surface area contributed by atoms with E-state index in [-0.39, 0.29) is 0 Å². The summed E-state index contributed by atoms with van der Waals surface area (Å²) in [7, 11) is 1.76. The zero-order chi connectivity index (χ0) is 10.1. The first-order valence-corrected chi connectivity index (χ1v) is 5.49. The topological polar surface area (TPSA) is 9.23 Å². The number of hydrogen-bond donors (Lipinski definition) is 0. The Morgan fingerprint density at radius 1 is 1.36 bits per heavy atom. The molecule has 1 heteroatoms. The van der Waals surface area contributed by atoms with E-state index in [1.54, 1.807) is 12.7 Å². The molecule has 0 heterocycles. The van der Waals surface area contributed by atoms with E-state index in [2.05, 4.69) is 26.0 Å². The number of ether oxygens (including phenoxy) is 1. The highest BCUT2D eigenvalue weighted by atomic mass is 16.5. The highest BCUT2D eigenvalue weighted by Crippen LogP contribution is 2.40. The van der Waals surface area contributed by atoms with Crippen LogP contribution in [0.25, 0.3) is 0 Å². The largest absolute Gasteiger partial charge is 0.496 e. The molecule has 0 aromatic heterocycles. The van der Waals surface area contributed by atoms with Crippen LogP contribution in [0.5, 0.6) is 5.75 Å². The molecule has 1 aromatic rings. The summed E-state index contributed by atoms with van der Waals surface area (Å²) in [4.78, 5) is 0. The van der Waals surface area contributed by atoms with E-state index in [4.69, 9.17) is 4.74 Å². The molecule has 0 spiro atoms. The van der Waals surface area contributed by atoms with Gasteiger partial charge >= 0.3 is 0 Å². The maximum absolute atomic E-state index is 5.37. The maximum atomic E-state index is 5.37. The fourth-order valence-corrected chi connectivity index (χ4v) is 2.32. The Bertz CT molecular complexity index is 341. The third-order valence-corrected chi connectivity index (χ3v) is 3.32.